The molecule has 0 spiro atoms. The number of ether oxygens (including phenoxy) is 1. The topological polar surface area (TPSA) is 76.4 Å². The molecule has 0 aliphatic heterocycles. The first-order valence-corrected chi connectivity index (χ1v) is 7.92. The van der Waals surface area contributed by atoms with Crippen molar-refractivity contribution in [3.05, 3.63) is 72.3 Å². The molecule has 0 saturated carbocycles. The molecule has 25 heavy (non-hydrogen) atoms. The minimum atomic E-state index is -0.322. The molecular weight excluding hydrogens is 318 g/mol. The fourth-order valence-electron chi connectivity index (χ4n) is 2.30. The third-order valence-electron chi connectivity index (χ3n) is 3.65. The predicted octanol–water partition coefficient (Wildman–Crippen LogP) is 3.59. The molecule has 0 bridgehead atoms. The van der Waals surface area contributed by atoms with E-state index in [-0.39, 0.29) is 11.7 Å². The molecule has 0 aliphatic carbocycles. The highest BCUT2D eigenvalue weighted by Gasteiger charge is 2.09. The second-order valence-corrected chi connectivity index (χ2v) is 5.39. The van der Waals surface area contributed by atoms with Gasteiger partial charge in [-0.3, -0.25) is 4.79 Å². The highest BCUT2D eigenvalue weighted by Crippen LogP contribution is 2.13. The summed E-state index contributed by atoms with van der Waals surface area (Å²) in [5.41, 5.74) is 2.12. The lowest BCUT2D eigenvalue weighted by atomic mass is 10.1. The molecule has 2 heterocycles. The normalized spacial score (nSPS) is 10.3. The lowest BCUT2D eigenvalue weighted by Crippen LogP contribution is -2.12. The van der Waals surface area contributed by atoms with E-state index in [9.17, 15) is 4.79 Å². The Morgan fingerprint density at radius 3 is 2.64 bits per heavy atom. The van der Waals surface area contributed by atoms with Gasteiger partial charge in [0.1, 0.15) is 11.6 Å². The van der Waals surface area contributed by atoms with Crippen LogP contribution in [0, 0.1) is 0 Å². The molecule has 0 unspecified atom stereocenters. The van der Waals surface area contributed by atoms with Gasteiger partial charge in [-0.1, -0.05) is 12.1 Å². The molecule has 0 atom stereocenters. The Kier molecular flexibility index (Phi) is 5.31. The van der Waals surface area contributed by atoms with Gasteiger partial charge >= 0.3 is 0 Å². The lowest BCUT2D eigenvalue weighted by Gasteiger charge is -2.08. The van der Waals surface area contributed by atoms with Crippen LogP contribution in [-0.2, 0) is 6.42 Å². The van der Waals surface area contributed by atoms with Gasteiger partial charge in [-0.2, -0.15) is 0 Å². The maximum Gasteiger partial charge on any atom is 0.292 e. The highest BCUT2D eigenvalue weighted by atomic mass is 16.5. The Bertz CT molecular complexity index is 797. The van der Waals surface area contributed by atoms with Crippen LogP contribution in [0.3, 0.4) is 0 Å². The number of hydrogen-bond acceptors (Lipinski definition) is 5. The number of rotatable bonds is 7. The predicted molar refractivity (Wildman–Crippen MR) is 96.1 cm³/mol. The van der Waals surface area contributed by atoms with E-state index in [4.69, 9.17) is 9.15 Å². The largest absolute Gasteiger partial charge is 0.497 e. The van der Waals surface area contributed by atoms with Crippen LogP contribution in [0.4, 0.5) is 11.5 Å². The van der Waals surface area contributed by atoms with Gasteiger partial charge in [-0.05, 0) is 48.4 Å². The van der Waals surface area contributed by atoms with Crippen molar-refractivity contribution in [3.63, 3.8) is 0 Å². The second kappa shape index (κ2) is 8.01. The van der Waals surface area contributed by atoms with Crippen molar-refractivity contribution in [1.82, 2.24) is 4.98 Å². The molecule has 1 aromatic carbocycles. The van der Waals surface area contributed by atoms with Gasteiger partial charge in [0.2, 0.25) is 0 Å². The molecule has 6 heteroatoms. The Balaban J connectivity index is 1.48. The van der Waals surface area contributed by atoms with Gasteiger partial charge in [-0.15, -0.1) is 0 Å². The number of carbonyl (C=O) groups is 1. The maximum absolute atomic E-state index is 11.9. The summed E-state index contributed by atoms with van der Waals surface area (Å²) in [6.07, 6.45) is 4.03. The molecule has 1 amide bonds. The number of aromatic nitrogens is 1. The number of furan rings is 1. The van der Waals surface area contributed by atoms with Gasteiger partial charge < -0.3 is 19.8 Å². The maximum atomic E-state index is 11.9. The lowest BCUT2D eigenvalue weighted by molar-refractivity contribution is 0.0996. The average Bonchev–Trinajstić information content (AvgIpc) is 3.19. The van der Waals surface area contributed by atoms with Gasteiger partial charge in [-0.25, -0.2) is 4.98 Å². The molecule has 6 nitrogen and oxygen atoms in total. The van der Waals surface area contributed by atoms with E-state index in [0.717, 1.165) is 24.4 Å². The van der Waals surface area contributed by atoms with Crippen LogP contribution < -0.4 is 15.4 Å². The molecule has 3 aromatic rings. The van der Waals surface area contributed by atoms with Crippen LogP contribution in [-0.4, -0.2) is 24.5 Å². The smallest absolute Gasteiger partial charge is 0.292 e. The van der Waals surface area contributed by atoms with Crippen LogP contribution >= 0.6 is 0 Å². The monoisotopic (exact) mass is 337 g/mol. The zero-order valence-electron chi connectivity index (χ0n) is 13.9. The third kappa shape index (κ3) is 4.60. The summed E-state index contributed by atoms with van der Waals surface area (Å²) < 4.78 is 10.2. The van der Waals surface area contributed by atoms with E-state index < -0.39 is 0 Å². The number of anilines is 2. The average molecular weight is 337 g/mol. The van der Waals surface area contributed by atoms with Crippen molar-refractivity contribution in [1.29, 1.82) is 0 Å². The van der Waals surface area contributed by atoms with Crippen molar-refractivity contribution in [2.45, 2.75) is 6.42 Å². The Labute approximate surface area is 145 Å². The van der Waals surface area contributed by atoms with E-state index in [1.807, 2.05) is 30.3 Å². The number of benzene rings is 1. The number of methoxy groups -OCH3 is 1. The zero-order chi connectivity index (χ0) is 17.5. The molecule has 0 saturated heterocycles. The van der Waals surface area contributed by atoms with Gasteiger partial charge in [0.25, 0.3) is 5.91 Å². The van der Waals surface area contributed by atoms with Crippen LogP contribution in [0.15, 0.2) is 65.4 Å². The molecule has 0 fully saturated rings. The van der Waals surface area contributed by atoms with E-state index >= 15 is 0 Å². The molecule has 0 aliphatic rings. The summed E-state index contributed by atoms with van der Waals surface area (Å²) in [7, 11) is 1.66. The number of pyridine rings is 1. The standard InChI is InChI=1S/C19H19N3O3/c1-24-16-7-4-14(5-8-16)10-11-20-15-6-9-18(21-13-15)22-19(23)17-3-2-12-25-17/h2-9,12-13,20H,10-11H2,1H3,(H,21,22,23). The first kappa shape index (κ1) is 16.6. The summed E-state index contributed by atoms with van der Waals surface area (Å²) in [6, 6.07) is 14.9. The van der Waals surface area contributed by atoms with Gasteiger partial charge in [0.15, 0.2) is 5.76 Å². The van der Waals surface area contributed by atoms with Crippen molar-refractivity contribution in [3.8, 4) is 5.75 Å². The number of amides is 1. The SMILES string of the molecule is COc1ccc(CCNc2ccc(NC(=O)c3ccco3)nc2)cc1. The molecule has 3 rings (SSSR count). The van der Waals surface area contributed by atoms with Crippen molar-refractivity contribution >= 4 is 17.4 Å². The fraction of sp³-hybridized carbons (Fsp3) is 0.158. The fourth-order valence-corrected chi connectivity index (χ4v) is 2.30. The van der Waals surface area contributed by atoms with Crippen molar-refractivity contribution in [2.75, 3.05) is 24.3 Å². The summed E-state index contributed by atoms with van der Waals surface area (Å²) >= 11 is 0. The molecule has 0 radical (unpaired) electrons. The molecule has 2 aromatic heterocycles. The summed E-state index contributed by atoms with van der Waals surface area (Å²) in [4.78, 5) is 16.1. The third-order valence-corrected chi connectivity index (χ3v) is 3.65. The van der Waals surface area contributed by atoms with E-state index in [1.54, 1.807) is 31.5 Å². The number of nitrogens with zero attached hydrogens (tertiary/aromatic N) is 1. The first-order chi connectivity index (χ1) is 12.2. The molecular formula is C19H19N3O3. The number of nitrogens with one attached hydrogen (secondary N) is 2. The van der Waals surface area contributed by atoms with E-state index in [1.165, 1.54) is 11.8 Å². The van der Waals surface area contributed by atoms with Crippen LogP contribution in [0.2, 0.25) is 0 Å². The quantitative estimate of drug-likeness (QED) is 0.689. The summed E-state index contributed by atoms with van der Waals surface area (Å²) in [6.45, 7) is 0.784. The summed E-state index contributed by atoms with van der Waals surface area (Å²) in [5, 5.41) is 5.99. The summed E-state index contributed by atoms with van der Waals surface area (Å²) in [5.74, 6) is 1.26. The highest BCUT2D eigenvalue weighted by molar-refractivity contribution is 6.01. The number of hydrogen-bond donors (Lipinski definition) is 2. The van der Waals surface area contributed by atoms with Crippen LogP contribution in [0.25, 0.3) is 0 Å². The van der Waals surface area contributed by atoms with E-state index in [0.29, 0.717) is 5.82 Å². The van der Waals surface area contributed by atoms with Crippen molar-refractivity contribution in [2.24, 2.45) is 0 Å². The zero-order valence-corrected chi connectivity index (χ0v) is 13.9. The Hall–Kier alpha value is -3.28. The minimum absolute atomic E-state index is 0.253. The second-order valence-electron chi connectivity index (χ2n) is 5.39. The van der Waals surface area contributed by atoms with Crippen molar-refractivity contribution < 1.29 is 13.9 Å². The minimum Gasteiger partial charge on any atom is -0.497 e. The van der Waals surface area contributed by atoms with Gasteiger partial charge in [0, 0.05) is 6.54 Å². The Morgan fingerprint density at radius 1 is 1.16 bits per heavy atom. The van der Waals surface area contributed by atoms with Crippen LogP contribution in [0.5, 0.6) is 5.75 Å². The van der Waals surface area contributed by atoms with Crippen LogP contribution in [0.1, 0.15) is 16.1 Å². The van der Waals surface area contributed by atoms with E-state index in [2.05, 4.69) is 15.6 Å². The molecule has 128 valence electrons. The van der Waals surface area contributed by atoms with Gasteiger partial charge in [0.05, 0.1) is 25.3 Å². The Morgan fingerprint density at radius 2 is 2.00 bits per heavy atom. The first-order valence-electron chi connectivity index (χ1n) is 7.92. The molecule has 2 N–H and O–H groups in total. The number of carbonyl (C=O) groups excluding carboxylic acids is 1.